The summed E-state index contributed by atoms with van der Waals surface area (Å²) in [6.07, 6.45) is 4.17. The molecular weight excluding hydrogens is 270 g/mol. The minimum absolute atomic E-state index is 0.0334. The predicted molar refractivity (Wildman–Crippen MR) is 81.5 cm³/mol. The zero-order chi connectivity index (χ0) is 15.2. The molecule has 1 aliphatic rings. The number of carbonyl (C=O) groups is 1. The van der Waals surface area contributed by atoms with E-state index in [1.807, 2.05) is 11.8 Å². The van der Waals surface area contributed by atoms with Crippen molar-refractivity contribution in [3.8, 4) is 0 Å². The number of hydrogen-bond donors (Lipinski definition) is 1. The summed E-state index contributed by atoms with van der Waals surface area (Å²) in [5, 5.41) is 3.21. The third kappa shape index (κ3) is 3.81. The van der Waals surface area contributed by atoms with Gasteiger partial charge in [0.25, 0.3) is 5.56 Å². The molecular formula is C14H23N5O2. The highest BCUT2D eigenvalue weighted by atomic mass is 16.2. The SMILES string of the molecule is CCCn1ccnc(N(C)CC(=O)N2CCNCC2)c1=O. The molecule has 1 fully saturated rings. The maximum Gasteiger partial charge on any atom is 0.293 e. The molecule has 0 spiro atoms. The van der Waals surface area contributed by atoms with Crippen LogP contribution in [0.25, 0.3) is 0 Å². The van der Waals surface area contributed by atoms with Crippen molar-refractivity contribution in [1.82, 2.24) is 19.8 Å². The van der Waals surface area contributed by atoms with Crippen LogP contribution in [-0.2, 0) is 11.3 Å². The van der Waals surface area contributed by atoms with Crippen molar-refractivity contribution in [2.45, 2.75) is 19.9 Å². The van der Waals surface area contributed by atoms with Crippen molar-refractivity contribution in [3.63, 3.8) is 0 Å². The second-order valence-corrected chi connectivity index (χ2v) is 5.24. The van der Waals surface area contributed by atoms with Crippen LogP contribution in [0.2, 0.25) is 0 Å². The van der Waals surface area contributed by atoms with Gasteiger partial charge < -0.3 is 19.7 Å². The molecule has 0 saturated carbocycles. The normalized spacial score (nSPS) is 15.0. The number of nitrogens with zero attached hydrogens (tertiary/aromatic N) is 4. The lowest BCUT2D eigenvalue weighted by Gasteiger charge is -2.29. The van der Waals surface area contributed by atoms with Gasteiger partial charge in [0.05, 0.1) is 6.54 Å². The van der Waals surface area contributed by atoms with Crippen LogP contribution in [0.3, 0.4) is 0 Å². The number of aromatic nitrogens is 2. The number of carbonyl (C=O) groups excluding carboxylic acids is 1. The van der Waals surface area contributed by atoms with E-state index < -0.39 is 0 Å². The molecule has 2 heterocycles. The van der Waals surface area contributed by atoms with Gasteiger partial charge in [0, 0.05) is 52.2 Å². The van der Waals surface area contributed by atoms with Gasteiger partial charge in [0.2, 0.25) is 5.91 Å². The molecule has 0 bridgehead atoms. The quantitative estimate of drug-likeness (QED) is 0.794. The summed E-state index contributed by atoms with van der Waals surface area (Å²) in [6, 6.07) is 0. The van der Waals surface area contributed by atoms with E-state index in [2.05, 4.69) is 10.3 Å². The largest absolute Gasteiger partial charge is 0.346 e. The Hall–Kier alpha value is -1.89. The predicted octanol–water partition coefficient (Wildman–Crippen LogP) is -0.479. The number of anilines is 1. The molecule has 21 heavy (non-hydrogen) atoms. The van der Waals surface area contributed by atoms with Gasteiger partial charge >= 0.3 is 0 Å². The molecule has 1 aromatic heterocycles. The van der Waals surface area contributed by atoms with Crippen molar-refractivity contribution in [3.05, 3.63) is 22.7 Å². The maximum absolute atomic E-state index is 12.3. The number of rotatable bonds is 5. The fourth-order valence-electron chi connectivity index (χ4n) is 2.41. The number of piperazine rings is 1. The summed E-state index contributed by atoms with van der Waals surface area (Å²) < 4.78 is 1.63. The van der Waals surface area contributed by atoms with Crippen LogP contribution in [0.4, 0.5) is 5.82 Å². The minimum Gasteiger partial charge on any atom is -0.346 e. The van der Waals surface area contributed by atoms with Gasteiger partial charge in [-0.15, -0.1) is 0 Å². The molecule has 0 unspecified atom stereocenters. The van der Waals surface area contributed by atoms with Crippen LogP contribution in [0, 0.1) is 0 Å². The first-order valence-electron chi connectivity index (χ1n) is 7.38. The van der Waals surface area contributed by atoms with Gasteiger partial charge in [-0.2, -0.15) is 0 Å². The average Bonchev–Trinajstić information content (AvgIpc) is 2.50. The van der Waals surface area contributed by atoms with E-state index in [4.69, 9.17) is 0 Å². The Bertz CT molecular complexity index is 536. The lowest BCUT2D eigenvalue weighted by Crippen LogP contribution is -2.49. The Morgan fingerprint density at radius 2 is 2.14 bits per heavy atom. The van der Waals surface area contributed by atoms with Crippen LogP contribution in [-0.4, -0.2) is 60.1 Å². The second kappa shape index (κ2) is 7.21. The van der Waals surface area contributed by atoms with Crippen molar-refractivity contribution in [1.29, 1.82) is 0 Å². The standard InChI is InChI=1S/C14H23N5O2/c1-3-7-19-10-6-16-13(14(19)21)17(2)11-12(20)18-8-4-15-5-9-18/h6,10,15H,3-5,7-9,11H2,1-2H3. The topological polar surface area (TPSA) is 70.5 Å². The zero-order valence-electron chi connectivity index (χ0n) is 12.7. The molecule has 1 aliphatic heterocycles. The highest BCUT2D eigenvalue weighted by molar-refractivity contribution is 5.81. The molecule has 0 radical (unpaired) electrons. The summed E-state index contributed by atoms with van der Waals surface area (Å²) in [5.74, 6) is 0.362. The van der Waals surface area contributed by atoms with Crippen LogP contribution >= 0.6 is 0 Å². The van der Waals surface area contributed by atoms with Gasteiger partial charge in [0.15, 0.2) is 5.82 Å². The monoisotopic (exact) mass is 293 g/mol. The Kier molecular flexibility index (Phi) is 5.32. The van der Waals surface area contributed by atoms with Crippen LogP contribution in [0.1, 0.15) is 13.3 Å². The lowest BCUT2D eigenvalue weighted by molar-refractivity contribution is -0.130. The third-order valence-electron chi connectivity index (χ3n) is 3.56. The summed E-state index contributed by atoms with van der Waals surface area (Å²) >= 11 is 0. The Morgan fingerprint density at radius 1 is 1.43 bits per heavy atom. The van der Waals surface area contributed by atoms with Crippen molar-refractivity contribution in [2.24, 2.45) is 0 Å². The van der Waals surface area contributed by atoms with Crippen LogP contribution in [0.5, 0.6) is 0 Å². The number of hydrogen-bond acceptors (Lipinski definition) is 5. The van der Waals surface area contributed by atoms with Gasteiger partial charge in [0.1, 0.15) is 0 Å². The molecule has 116 valence electrons. The number of aryl methyl sites for hydroxylation is 1. The average molecular weight is 293 g/mol. The first-order chi connectivity index (χ1) is 10.1. The van der Waals surface area contributed by atoms with Crippen LogP contribution in [0.15, 0.2) is 17.2 Å². The van der Waals surface area contributed by atoms with Gasteiger partial charge in [-0.25, -0.2) is 4.98 Å². The molecule has 1 aromatic rings. The van der Waals surface area contributed by atoms with Crippen LogP contribution < -0.4 is 15.8 Å². The molecule has 7 heteroatoms. The fraction of sp³-hybridized carbons (Fsp3) is 0.643. The van der Waals surface area contributed by atoms with Gasteiger partial charge in [-0.3, -0.25) is 9.59 Å². The minimum atomic E-state index is -0.144. The molecule has 7 nitrogen and oxygen atoms in total. The molecule has 0 aliphatic carbocycles. The molecule has 0 atom stereocenters. The number of nitrogens with one attached hydrogen (secondary N) is 1. The highest BCUT2D eigenvalue weighted by Gasteiger charge is 2.19. The molecule has 0 aromatic carbocycles. The Labute approximate surface area is 124 Å². The van der Waals surface area contributed by atoms with Crippen molar-refractivity contribution in [2.75, 3.05) is 44.7 Å². The van der Waals surface area contributed by atoms with Crippen molar-refractivity contribution < 1.29 is 4.79 Å². The van der Waals surface area contributed by atoms with E-state index in [1.54, 1.807) is 28.9 Å². The molecule has 1 saturated heterocycles. The molecule has 1 N–H and O–H groups in total. The zero-order valence-corrected chi connectivity index (χ0v) is 12.7. The summed E-state index contributed by atoms with van der Waals surface area (Å²) in [5.41, 5.74) is -0.144. The van der Waals surface area contributed by atoms with Gasteiger partial charge in [-0.1, -0.05) is 6.92 Å². The summed E-state index contributed by atoms with van der Waals surface area (Å²) in [7, 11) is 1.74. The van der Waals surface area contributed by atoms with Crippen molar-refractivity contribution >= 4 is 11.7 Å². The maximum atomic E-state index is 12.3. The molecule has 2 rings (SSSR count). The van der Waals surface area contributed by atoms with E-state index in [0.29, 0.717) is 12.4 Å². The second-order valence-electron chi connectivity index (χ2n) is 5.24. The Morgan fingerprint density at radius 3 is 2.81 bits per heavy atom. The van der Waals surface area contributed by atoms with E-state index in [1.165, 1.54) is 0 Å². The lowest BCUT2D eigenvalue weighted by atomic mass is 10.3. The highest BCUT2D eigenvalue weighted by Crippen LogP contribution is 2.03. The van der Waals surface area contributed by atoms with E-state index >= 15 is 0 Å². The molecule has 1 amide bonds. The first kappa shape index (κ1) is 15.5. The number of likely N-dealkylation sites (N-methyl/N-ethyl adjacent to an activating group) is 1. The summed E-state index contributed by atoms with van der Waals surface area (Å²) in [6.45, 7) is 5.94. The fourth-order valence-corrected chi connectivity index (χ4v) is 2.41. The Balaban J connectivity index is 2.06. The smallest absolute Gasteiger partial charge is 0.293 e. The van der Waals surface area contributed by atoms with E-state index in [0.717, 1.165) is 32.6 Å². The van der Waals surface area contributed by atoms with E-state index in [-0.39, 0.29) is 18.0 Å². The summed E-state index contributed by atoms with van der Waals surface area (Å²) in [4.78, 5) is 32.1. The third-order valence-corrected chi connectivity index (χ3v) is 3.56. The number of amides is 1. The first-order valence-corrected chi connectivity index (χ1v) is 7.38. The van der Waals surface area contributed by atoms with E-state index in [9.17, 15) is 9.59 Å². The van der Waals surface area contributed by atoms with Gasteiger partial charge in [-0.05, 0) is 6.42 Å².